The first-order chi connectivity index (χ1) is 10.7. The number of rotatable bonds is 5. The fraction of sp³-hybridized carbons (Fsp3) is 0.667. The molecule has 8 heteroatoms. The van der Waals surface area contributed by atoms with E-state index in [1.54, 1.807) is 12.1 Å². The van der Waals surface area contributed by atoms with Crippen LogP contribution in [0.25, 0.3) is 0 Å². The van der Waals surface area contributed by atoms with E-state index in [4.69, 9.17) is 4.74 Å². The van der Waals surface area contributed by atoms with Gasteiger partial charge in [-0.3, -0.25) is 4.79 Å². The molecular weight excluding hydrogens is 336 g/mol. The van der Waals surface area contributed by atoms with E-state index in [-0.39, 0.29) is 11.3 Å². The molecule has 2 rings (SSSR count). The van der Waals surface area contributed by atoms with Crippen LogP contribution < -0.4 is 5.32 Å². The Hall–Kier alpha value is -0.960. The number of thiophene rings is 1. The number of morpholine rings is 1. The molecule has 0 aliphatic carbocycles. The lowest BCUT2D eigenvalue weighted by atomic mass is 9.92. The highest BCUT2D eigenvalue weighted by Gasteiger charge is 2.27. The first-order valence-electron chi connectivity index (χ1n) is 7.62. The summed E-state index contributed by atoms with van der Waals surface area (Å²) in [4.78, 5) is 12.7. The number of sulfonamides is 1. The molecular formula is C15H24N2O4S2. The van der Waals surface area contributed by atoms with Gasteiger partial charge in [0.1, 0.15) is 4.21 Å². The number of nitrogens with one attached hydrogen (secondary N) is 1. The van der Waals surface area contributed by atoms with Gasteiger partial charge in [0, 0.05) is 24.4 Å². The van der Waals surface area contributed by atoms with Gasteiger partial charge >= 0.3 is 0 Å². The molecule has 1 amide bonds. The lowest BCUT2D eigenvalue weighted by Gasteiger charge is -2.25. The molecule has 1 fully saturated rings. The molecule has 1 aromatic rings. The van der Waals surface area contributed by atoms with Crippen LogP contribution in [0.4, 0.5) is 0 Å². The predicted octanol–water partition coefficient (Wildman–Crippen LogP) is 1.82. The standard InChI is InChI=1S/C15H24N2O4S2/c1-15(2,3)10-13(18)16-11-12-4-5-14(22-12)23(19,20)17-6-8-21-9-7-17/h4-5H,6-11H2,1-3H3,(H,16,18). The van der Waals surface area contributed by atoms with E-state index in [0.717, 1.165) is 4.88 Å². The molecule has 2 heterocycles. The van der Waals surface area contributed by atoms with E-state index in [0.29, 0.717) is 43.5 Å². The maximum atomic E-state index is 12.5. The van der Waals surface area contributed by atoms with Crippen LogP contribution in [-0.4, -0.2) is 44.9 Å². The van der Waals surface area contributed by atoms with Crippen molar-refractivity contribution in [2.75, 3.05) is 26.3 Å². The molecule has 0 radical (unpaired) electrons. The van der Waals surface area contributed by atoms with Crippen LogP contribution in [0.1, 0.15) is 32.1 Å². The monoisotopic (exact) mass is 360 g/mol. The first-order valence-corrected chi connectivity index (χ1v) is 9.87. The highest BCUT2D eigenvalue weighted by atomic mass is 32.2. The fourth-order valence-electron chi connectivity index (χ4n) is 2.24. The Morgan fingerprint density at radius 3 is 2.57 bits per heavy atom. The lowest BCUT2D eigenvalue weighted by molar-refractivity contribution is -0.122. The highest BCUT2D eigenvalue weighted by Crippen LogP contribution is 2.25. The van der Waals surface area contributed by atoms with E-state index in [2.05, 4.69) is 5.32 Å². The summed E-state index contributed by atoms with van der Waals surface area (Å²) in [6, 6.07) is 3.37. The Balaban J connectivity index is 1.96. The summed E-state index contributed by atoms with van der Waals surface area (Å²) in [6.45, 7) is 8.01. The van der Waals surface area contributed by atoms with Crippen molar-refractivity contribution in [3.63, 3.8) is 0 Å². The summed E-state index contributed by atoms with van der Waals surface area (Å²) < 4.78 is 32.0. The minimum Gasteiger partial charge on any atom is -0.379 e. The average molecular weight is 361 g/mol. The van der Waals surface area contributed by atoms with Crippen molar-refractivity contribution in [3.05, 3.63) is 17.0 Å². The molecule has 1 aromatic heterocycles. The van der Waals surface area contributed by atoms with Crippen molar-refractivity contribution in [1.82, 2.24) is 9.62 Å². The summed E-state index contributed by atoms with van der Waals surface area (Å²) in [5, 5.41) is 2.84. The second kappa shape index (κ2) is 7.29. The van der Waals surface area contributed by atoms with Crippen molar-refractivity contribution >= 4 is 27.3 Å². The second-order valence-electron chi connectivity index (χ2n) is 6.75. The number of hydrogen-bond donors (Lipinski definition) is 1. The van der Waals surface area contributed by atoms with Gasteiger partial charge < -0.3 is 10.1 Å². The molecule has 0 atom stereocenters. The third-order valence-electron chi connectivity index (χ3n) is 3.35. The Morgan fingerprint density at radius 1 is 1.30 bits per heavy atom. The summed E-state index contributed by atoms with van der Waals surface area (Å²) in [5.41, 5.74) is -0.0651. The number of carbonyl (C=O) groups excluding carboxylic acids is 1. The van der Waals surface area contributed by atoms with Crippen molar-refractivity contribution in [2.24, 2.45) is 5.41 Å². The van der Waals surface area contributed by atoms with E-state index in [1.807, 2.05) is 20.8 Å². The number of nitrogens with zero attached hydrogens (tertiary/aromatic N) is 1. The van der Waals surface area contributed by atoms with Crippen LogP contribution in [0.2, 0.25) is 0 Å². The van der Waals surface area contributed by atoms with Crippen LogP contribution in [0.15, 0.2) is 16.3 Å². The van der Waals surface area contributed by atoms with Gasteiger partial charge in [-0.2, -0.15) is 4.31 Å². The average Bonchev–Trinajstić information content (AvgIpc) is 2.94. The van der Waals surface area contributed by atoms with E-state index >= 15 is 0 Å². The Labute approximate surface area is 141 Å². The molecule has 0 bridgehead atoms. The third kappa shape index (κ3) is 5.27. The van der Waals surface area contributed by atoms with Gasteiger partial charge in [-0.25, -0.2) is 8.42 Å². The second-order valence-corrected chi connectivity index (χ2v) is 10.1. The van der Waals surface area contributed by atoms with Crippen molar-refractivity contribution in [2.45, 2.75) is 37.9 Å². The third-order valence-corrected chi connectivity index (χ3v) is 6.80. The molecule has 0 spiro atoms. The van der Waals surface area contributed by atoms with E-state index < -0.39 is 10.0 Å². The molecule has 0 unspecified atom stereocenters. The SMILES string of the molecule is CC(C)(C)CC(=O)NCc1ccc(S(=O)(=O)N2CCOCC2)s1. The van der Waals surface area contributed by atoms with Gasteiger partial charge in [0.2, 0.25) is 5.91 Å². The Bertz CT molecular complexity index is 641. The topological polar surface area (TPSA) is 75.7 Å². The van der Waals surface area contributed by atoms with Gasteiger partial charge in [-0.1, -0.05) is 20.8 Å². The van der Waals surface area contributed by atoms with Crippen LogP contribution in [-0.2, 0) is 26.1 Å². The van der Waals surface area contributed by atoms with Crippen molar-refractivity contribution < 1.29 is 17.9 Å². The van der Waals surface area contributed by atoms with Crippen molar-refractivity contribution in [3.8, 4) is 0 Å². The number of hydrogen-bond acceptors (Lipinski definition) is 5. The van der Waals surface area contributed by atoms with Crippen LogP contribution in [0, 0.1) is 5.41 Å². The summed E-state index contributed by atoms with van der Waals surface area (Å²) in [6.07, 6.45) is 0.442. The minimum atomic E-state index is -3.45. The molecule has 0 saturated carbocycles. The predicted molar refractivity (Wildman–Crippen MR) is 89.8 cm³/mol. The lowest BCUT2D eigenvalue weighted by Crippen LogP contribution is -2.40. The molecule has 23 heavy (non-hydrogen) atoms. The summed E-state index contributed by atoms with van der Waals surface area (Å²) in [5.74, 6) is -0.0245. The zero-order valence-corrected chi connectivity index (χ0v) is 15.4. The number of carbonyl (C=O) groups is 1. The molecule has 1 aliphatic heterocycles. The first kappa shape index (κ1) is 18.4. The molecule has 6 nitrogen and oxygen atoms in total. The molecule has 1 saturated heterocycles. The smallest absolute Gasteiger partial charge is 0.252 e. The quantitative estimate of drug-likeness (QED) is 0.869. The fourth-order valence-corrected chi connectivity index (χ4v) is 5.09. The van der Waals surface area contributed by atoms with Gasteiger partial charge in [-0.05, 0) is 17.5 Å². The number of amides is 1. The maximum absolute atomic E-state index is 12.5. The van der Waals surface area contributed by atoms with Gasteiger partial charge in [-0.15, -0.1) is 11.3 Å². The van der Waals surface area contributed by atoms with Crippen LogP contribution >= 0.6 is 11.3 Å². The van der Waals surface area contributed by atoms with E-state index in [1.165, 1.54) is 15.6 Å². The van der Waals surface area contributed by atoms with Gasteiger partial charge in [0.05, 0.1) is 19.8 Å². The molecule has 0 aromatic carbocycles. The van der Waals surface area contributed by atoms with Gasteiger partial charge in [0.15, 0.2) is 0 Å². The van der Waals surface area contributed by atoms with Crippen LogP contribution in [0.5, 0.6) is 0 Å². The molecule has 1 aliphatic rings. The normalized spacial score (nSPS) is 17.2. The Kier molecular flexibility index (Phi) is 5.83. The molecule has 130 valence electrons. The zero-order valence-electron chi connectivity index (χ0n) is 13.8. The van der Waals surface area contributed by atoms with E-state index in [9.17, 15) is 13.2 Å². The maximum Gasteiger partial charge on any atom is 0.252 e. The Morgan fingerprint density at radius 2 is 1.96 bits per heavy atom. The summed E-state index contributed by atoms with van der Waals surface area (Å²) >= 11 is 1.21. The highest BCUT2D eigenvalue weighted by molar-refractivity contribution is 7.91. The largest absolute Gasteiger partial charge is 0.379 e. The summed E-state index contributed by atoms with van der Waals surface area (Å²) in [7, 11) is -3.45. The minimum absolute atomic E-state index is 0.0245. The number of ether oxygens (including phenoxy) is 1. The molecule has 1 N–H and O–H groups in total. The van der Waals surface area contributed by atoms with Gasteiger partial charge in [0.25, 0.3) is 10.0 Å². The zero-order chi connectivity index (χ0) is 17.1. The van der Waals surface area contributed by atoms with Crippen molar-refractivity contribution in [1.29, 1.82) is 0 Å². The van der Waals surface area contributed by atoms with Crippen LogP contribution in [0.3, 0.4) is 0 Å².